The molecule has 0 amide bonds. The van der Waals surface area contributed by atoms with E-state index >= 15 is 0 Å². The summed E-state index contributed by atoms with van der Waals surface area (Å²) in [5.74, 6) is -5.01. The van der Waals surface area contributed by atoms with Crippen molar-refractivity contribution < 1.29 is 41.1 Å². The van der Waals surface area contributed by atoms with Gasteiger partial charge in [-0.3, -0.25) is 0 Å². The SMILES string of the molecule is O=[N+]([O-])c1nc(C(F)(F)F)c(OC(F)(F)F)cc1O. The maximum atomic E-state index is 12.4. The number of aromatic hydroxyl groups is 1. The van der Waals surface area contributed by atoms with E-state index in [0.717, 1.165) is 0 Å². The first-order valence-corrected chi connectivity index (χ1v) is 4.13. The number of hydrogen-bond acceptors (Lipinski definition) is 5. The Labute approximate surface area is 98.9 Å². The van der Waals surface area contributed by atoms with E-state index in [2.05, 4.69) is 9.72 Å². The minimum absolute atomic E-state index is 0.179. The van der Waals surface area contributed by atoms with E-state index in [9.17, 15) is 36.5 Å². The summed E-state index contributed by atoms with van der Waals surface area (Å²) >= 11 is 0. The van der Waals surface area contributed by atoms with E-state index in [1.165, 1.54) is 0 Å². The van der Waals surface area contributed by atoms with Crippen LogP contribution in [0.2, 0.25) is 0 Å². The molecule has 0 aliphatic heterocycles. The monoisotopic (exact) mass is 292 g/mol. The molecule has 1 aromatic rings. The maximum absolute atomic E-state index is 12.4. The van der Waals surface area contributed by atoms with Gasteiger partial charge in [0.15, 0.2) is 5.75 Å². The van der Waals surface area contributed by atoms with Crippen molar-refractivity contribution in [2.75, 3.05) is 0 Å². The van der Waals surface area contributed by atoms with E-state index in [-0.39, 0.29) is 6.07 Å². The summed E-state index contributed by atoms with van der Waals surface area (Å²) in [6, 6.07) is -0.179. The molecule has 1 aromatic heterocycles. The molecule has 1 heterocycles. The number of nitro groups is 1. The van der Waals surface area contributed by atoms with Gasteiger partial charge >= 0.3 is 18.4 Å². The summed E-state index contributed by atoms with van der Waals surface area (Å²) in [4.78, 5) is 11.1. The fourth-order valence-electron chi connectivity index (χ4n) is 1.02. The molecule has 0 atom stereocenters. The molecule has 12 heteroatoms. The van der Waals surface area contributed by atoms with Gasteiger partial charge in [0.2, 0.25) is 5.75 Å². The van der Waals surface area contributed by atoms with Crippen LogP contribution in [0.4, 0.5) is 32.2 Å². The molecule has 0 aliphatic carbocycles. The van der Waals surface area contributed by atoms with Crippen molar-refractivity contribution in [1.82, 2.24) is 4.98 Å². The average Bonchev–Trinajstić information content (AvgIpc) is 2.11. The maximum Gasteiger partial charge on any atom is 0.573 e. The van der Waals surface area contributed by atoms with Gasteiger partial charge in [0.25, 0.3) is 5.69 Å². The van der Waals surface area contributed by atoms with Gasteiger partial charge in [-0.1, -0.05) is 0 Å². The smallest absolute Gasteiger partial charge is 0.501 e. The lowest BCUT2D eigenvalue weighted by Gasteiger charge is -2.12. The molecular formula is C7H2F6N2O4. The number of hydrogen-bond donors (Lipinski definition) is 1. The van der Waals surface area contributed by atoms with Crippen molar-refractivity contribution in [3.05, 3.63) is 21.9 Å². The predicted octanol–water partition coefficient (Wildman–Crippen LogP) is 2.61. The normalized spacial score (nSPS) is 12.3. The Hall–Kier alpha value is -2.27. The third-order valence-corrected chi connectivity index (χ3v) is 1.62. The highest BCUT2D eigenvalue weighted by Gasteiger charge is 2.46. The Morgan fingerprint density at radius 1 is 1.26 bits per heavy atom. The van der Waals surface area contributed by atoms with Crippen LogP contribution in [0, 0.1) is 10.1 Å². The second-order valence-electron chi connectivity index (χ2n) is 2.98. The van der Waals surface area contributed by atoms with Crippen molar-refractivity contribution in [2.45, 2.75) is 12.5 Å². The average molecular weight is 292 g/mol. The first-order valence-electron chi connectivity index (χ1n) is 4.13. The standard InChI is InChI=1S/C7H2F6N2O4/c8-6(9,10)4-3(19-7(11,12)13)1-2(16)5(14-4)15(17)18/h1,16H. The fraction of sp³-hybridized carbons (Fsp3) is 0.286. The highest BCUT2D eigenvalue weighted by Crippen LogP contribution is 2.41. The molecule has 1 rings (SSSR count). The molecule has 0 fully saturated rings. The zero-order chi connectivity index (χ0) is 15.0. The molecule has 0 unspecified atom stereocenters. The highest BCUT2D eigenvalue weighted by molar-refractivity contribution is 5.47. The Balaban J connectivity index is 3.46. The zero-order valence-electron chi connectivity index (χ0n) is 8.41. The van der Waals surface area contributed by atoms with E-state index in [4.69, 9.17) is 5.11 Å². The number of pyridine rings is 1. The number of halogens is 6. The summed E-state index contributed by atoms with van der Waals surface area (Å²) in [5.41, 5.74) is -2.27. The third kappa shape index (κ3) is 3.59. The summed E-state index contributed by atoms with van der Waals surface area (Å²) in [6.07, 6.45) is -10.9. The quantitative estimate of drug-likeness (QED) is 0.514. The molecule has 1 N–H and O–H groups in total. The first kappa shape index (κ1) is 14.8. The minimum Gasteiger partial charge on any atom is -0.501 e. The molecule has 0 aliphatic rings. The van der Waals surface area contributed by atoms with Crippen LogP contribution in [0.1, 0.15) is 5.69 Å². The predicted molar refractivity (Wildman–Crippen MR) is 44.2 cm³/mol. The van der Waals surface area contributed by atoms with Gasteiger partial charge in [0, 0.05) is 6.07 Å². The fourth-order valence-corrected chi connectivity index (χ4v) is 1.02. The number of ether oxygens (including phenoxy) is 1. The Morgan fingerprint density at radius 2 is 1.79 bits per heavy atom. The van der Waals surface area contributed by atoms with E-state index in [0.29, 0.717) is 0 Å². The van der Waals surface area contributed by atoms with E-state index in [1.807, 2.05) is 0 Å². The van der Waals surface area contributed by atoms with Crippen molar-refractivity contribution in [1.29, 1.82) is 0 Å². The first-order chi connectivity index (χ1) is 8.42. The molecule has 19 heavy (non-hydrogen) atoms. The highest BCUT2D eigenvalue weighted by atomic mass is 19.4. The molecule has 0 spiro atoms. The Bertz CT molecular complexity index is 512. The van der Waals surface area contributed by atoms with Gasteiger partial charge in [-0.2, -0.15) is 13.2 Å². The summed E-state index contributed by atoms with van der Waals surface area (Å²) < 4.78 is 75.8. The van der Waals surface area contributed by atoms with Crippen LogP contribution in [0.15, 0.2) is 6.07 Å². The second kappa shape index (κ2) is 4.44. The van der Waals surface area contributed by atoms with Crippen LogP contribution >= 0.6 is 0 Å². The lowest BCUT2D eigenvalue weighted by Crippen LogP contribution is -2.21. The van der Waals surface area contributed by atoms with E-state index in [1.54, 1.807) is 0 Å². The summed E-state index contributed by atoms with van der Waals surface area (Å²) in [6.45, 7) is 0. The summed E-state index contributed by atoms with van der Waals surface area (Å²) in [5, 5.41) is 19.2. The molecule has 106 valence electrons. The van der Waals surface area contributed by atoms with Crippen LogP contribution in [0.25, 0.3) is 0 Å². The molecule has 0 saturated carbocycles. The van der Waals surface area contributed by atoms with Crippen LogP contribution in [0.3, 0.4) is 0 Å². The van der Waals surface area contributed by atoms with Gasteiger partial charge in [0.05, 0.1) is 0 Å². The molecule has 0 radical (unpaired) electrons. The van der Waals surface area contributed by atoms with Crippen LogP contribution in [-0.2, 0) is 6.18 Å². The van der Waals surface area contributed by atoms with Gasteiger partial charge < -0.3 is 20.0 Å². The van der Waals surface area contributed by atoms with Crippen LogP contribution in [0.5, 0.6) is 11.5 Å². The number of aromatic nitrogens is 1. The van der Waals surface area contributed by atoms with Crippen molar-refractivity contribution in [3.8, 4) is 11.5 Å². The zero-order valence-corrected chi connectivity index (χ0v) is 8.41. The lowest BCUT2D eigenvalue weighted by atomic mass is 10.3. The number of rotatable bonds is 2. The molecule has 0 saturated heterocycles. The van der Waals surface area contributed by atoms with Gasteiger partial charge in [0.1, 0.15) is 0 Å². The molecule has 6 nitrogen and oxygen atoms in total. The Morgan fingerprint density at radius 3 is 2.16 bits per heavy atom. The molecule has 0 bridgehead atoms. The topological polar surface area (TPSA) is 85.5 Å². The lowest BCUT2D eigenvalue weighted by molar-refractivity contribution is -0.391. The van der Waals surface area contributed by atoms with Crippen LogP contribution < -0.4 is 4.74 Å². The molecular weight excluding hydrogens is 290 g/mol. The van der Waals surface area contributed by atoms with Gasteiger partial charge in [-0.15, -0.1) is 13.2 Å². The van der Waals surface area contributed by atoms with Gasteiger partial charge in [-0.25, -0.2) is 0 Å². The number of alkyl halides is 6. The van der Waals surface area contributed by atoms with Crippen molar-refractivity contribution in [2.24, 2.45) is 0 Å². The summed E-state index contributed by atoms with van der Waals surface area (Å²) in [7, 11) is 0. The minimum atomic E-state index is -5.48. The van der Waals surface area contributed by atoms with Crippen molar-refractivity contribution in [3.63, 3.8) is 0 Å². The van der Waals surface area contributed by atoms with Gasteiger partial charge in [-0.05, 0) is 9.91 Å². The van der Waals surface area contributed by atoms with Crippen molar-refractivity contribution >= 4 is 5.82 Å². The van der Waals surface area contributed by atoms with E-state index < -0.39 is 40.5 Å². The Kier molecular flexibility index (Phi) is 3.45. The third-order valence-electron chi connectivity index (χ3n) is 1.62. The second-order valence-corrected chi connectivity index (χ2v) is 2.98. The molecule has 0 aromatic carbocycles. The largest absolute Gasteiger partial charge is 0.573 e. The van der Waals surface area contributed by atoms with Crippen LogP contribution in [-0.4, -0.2) is 21.4 Å². The number of nitrogens with zero attached hydrogens (tertiary/aromatic N) is 2.